The van der Waals surface area contributed by atoms with Gasteiger partial charge >= 0.3 is 0 Å². The van der Waals surface area contributed by atoms with Crippen molar-refractivity contribution in [2.24, 2.45) is 5.92 Å². The first-order valence-corrected chi connectivity index (χ1v) is 19.0. The molecule has 168 valence electrons. The van der Waals surface area contributed by atoms with E-state index in [0.717, 1.165) is 11.1 Å². The zero-order chi connectivity index (χ0) is 21.6. The Kier molecular flexibility index (Phi) is 8.33. The Morgan fingerprint density at radius 2 is 1.42 bits per heavy atom. The molecule has 0 aromatic heterocycles. The normalized spacial score (nSPS) is 31.4. The predicted octanol–water partition coefficient (Wildman–Crippen LogP) is 7.79. The lowest BCUT2D eigenvalue weighted by Gasteiger charge is -2.54. The Morgan fingerprint density at radius 1 is 0.774 bits per heavy atom. The van der Waals surface area contributed by atoms with E-state index in [1.54, 1.807) is 22.5 Å². The smallest absolute Gasteiger partial charge is 0.0875 e. The fourth-order valence-electron chi connectivity index (χ4n) is 7.25. The Bertz CT molecular complexity index is 738. The molecule has 0 bridgehead atoms. The van der Waals surface area contributed by atoms with Crippen LogP contribution in [0.1, 0.15) is 58.3 Å². The van der Waals surface area contributed by atoms with Gasteiger partial charge in [0.1, 0.15) is 0 Å². The van der Waals surface area contributed by atoms with Crippen LogP contribution < -0.4 is 10.4 Å². The monoisotopic (exact) mass is 512 g/mol. The minimum Gasteiger partial charge on any atom is -0.0925 e. The number of hydrogen-bond acceptors (Lipinski definition) is 0. The van der Waals surface area contributed by atoms with E-state index in [1.165, 1.54) is 68.8 Å². The molecule has 0 N–H and O–H groups in total. The van der Waals surface area contributed by atoms with Crippen molar-refractivity contribution in [1.29, 1.82) is 0 Å². The minimum absolute atomic E-state index is 0.904. The van der Waals surface area contributed by atoms with E-state index in [9.17, 15) is 0 Å². The number of rotatable bonds is 8. The van der Waals surface area contributed by atoms with Gasteiger partial charge in [0.2, 0.25) is 0 Å². The molecule has 4 rings (SSSR count). The van der Waals surface area contributed by atoms with Gasteiger partial charge in [-0.25, -0.2) is 0 Å². The van der Waals surface area contributed by atoms with Crippen molar-refractivity contribution >= 4 is 42.5 Å². The van der Waals surface area contributed by atoms with Crippen LogP contribution >= 0.6 is 15.9 Å². The number of alkyl halides is 1. The summed E-state index contributed by atoms with van der Waals surface area (Å²) in [5, 5.41) is 5.85. The summed E-state index contributed by atoms with van der Waals surface area (Å²) in [7, 11) is -3.10. The van der Waals surface area contributed by atoms with E-state index in [-0.39, 0.29) is 0 Å². The zero-order valence-corrected chi connectivity index (χ0v) is 23.1. The molecule has 0 radical (unpaired) electrons. The highest BCUT2D eigenvalue weighted by molar-refractivity contribution is 9.09. The molecule has 2 unspecified atom stereocenters. The van der Waals surface area contributed by atoms with Crippen LogP contribution in [0.3, 0.4) is 0 Å². The van der Waals surface area contributed by atoms with Crippen LogP contribution in [0.2, 0.25) is 29.3 Å². The third-order valence-electron chi connectivity index (χ3n) is 8.84. The molecule has 2 aromatic carbocycles. The minimum atomic E-state index is -1.55. The maximum absolute atomic E-state index is 3.83. The number of hydrogen-bond donors (Lipinski definition) is 0. The number of halogens is 1. The molecular formula is C28H41BrSi2. The Balaban J connectivity index is 1.80. The molecule has 2 atom stereocenters. The van der Waals surface area contributed by atoms with Gasteiger partial charge in [-0.2, -0.15) is 0 Å². The Labute approximate surface area is 201 Å². The van der Waals surface area contributed by atoms with Gasteiger partial charge in [0.25, 0.3) is 0 Å². The lowest BCUT2D eigenvalue weighted by atomic mass is 10.1. The molecule has 0 saturated carbocycles. The second-order valence-electron chi connectivity index (χ2n) is 10.4. The van der Waals surface area contributed by atoms with E-state index in [4.69, 9.17) is 0 Å². The van der Waals surface area contributed by atoms with Crippen molar-refractivity contribution in [3.8, 4) is 0 Å². The topological polar surface area (TPSA) is 0 Å². The van der Waals surface area contributed by atoms with Crippen molar-refractivity contribution in [1.82, 2.24) is 0 Å². The van der Waals surface area contributed by atoms with E-state index in [2.05, 4.69) is 83.5 Å². The third kappa shape index (κ3) is 4.84. The SMILES string of the molecule is CCCCC[Si]1(c2ccccc2)CCCCC1[Si]1(c2ccccc2)CCC(CBr)CC1. The van der Waals surface area contributed by atoms with Crippen molar-refractivity contribution in [3.63, 3.8) is 0 Å². The molecule has 2 heterocycles. The summed E-state index contributed by atoms with van der Waals surface area (Å²) < 4.78 is 0. The van der Waals surface area contributed by atoms with Crippen LogP contribution in [0.15, 0.2) is 60.7 Å². The second kappa shape index (κ2) is 11.0. The maximum atomic E-state index is 3.83. The summed E-state index contributed by atoms with van der Waals surface area (Å²) in [4.78, 5) is 0. The molecule has 3 heteroatoms. The maximum Gasteiger partial charge on any atom is 0.0875 e. The first-order valence-electron chi connectivity index (χ1n) is 12.9. The molecule has 2 saturated heterocycles. The molecule has 2 aliphatic rings. The van der Waals surface area contributed by atoms with Crippen LogP contribution in [0, 0.1) is 5.92 Å². The van der Waals surface area contributed by atoms with Crippen LogP contribution in [0.25, 0.3) is 0 Å². The highest BCUT2D eigenvalue weighted by Gasteiger charge is 2.55. The molecule has 0 spiro atoms. The van der Waals surface area contributed by atoms with Crippen molar-refractivity contribution in [2.45, 2.75) is 87.6 Å². The molecule has 0 nitrogen and oxygen atoms in total. The third-order valence-corrected chi connectivity index (χ3v) is 24.1. The molecule has 0 amide bonds. The highest BCUT2D eigenvalue weighted by atomic mass is 79.9. The van der Waals surface area contributed by atoms with Gasteiger partial charge in [-0.15, -0.1) is 0 Å². The average Bonchev–Trinajstić information content (AvgIpc) is 2.85. The van der Waals surface area contributed by atoms with Crippen molar-refractivity contribution in [3.05, 3.63) is 60.7 Å². The van der Waals surface area contributed by atoms with Gasteiger partial charge < -0.3 is 0 Å². The van der Waals surface area contributed by atoms with Gasteiger partial charge in [-0.1, -0.05) is 169 Å². The van der Waals surface area contributed by atoms with Crippen LogP contribution in [0.5, 0.6) is 0 Å². The van der Waals surface area contributed by atoms with Gasteiger partial charge in [0, 0.05) is 5.33 Å². The lowest BCUT2D eigenvalue weighted by Crippen LogP contribution is -2.67. The molecule has 0 aliphatic carbocycles. The predicted molar refractivity (Wildman–Crippen MR) is 147 cm³/mol. The highest BCUT2D eigenvalue weighted by Crippen LogP contribution is 2.51. The second-order valence-corrected chi connectivity index (χ2v) is 20.8. The molecule has 31 heavy (non-hydrogen) atoms. The fraction of sp³-hybridized carbons (Fsp3) is 0.571. The standard InChI is InChI=1S/C28H41BrSi2/c1-2-3-11-20-30(26-13-6-4-7-14-26)21-12-10-17-28(30)31(27-15-8-5-9-16-27)22-18-25(24-29)19-23-31/h4-9,13-16,25,28H,2-3,10-12,17-24H2,1H3. The van der Waals surface area contributed by atoms with Gasteiger partial charge in [-0.3, -0.25) is 0 Å². The summed E-state index contributed by atoms with van der Waals surface area (Å²) in [5.74, 6) is 0.904. The van der Waals surface area contributed by atoms with E-state index >= 15 is 0 Å². The fourth-order valence-corrected chi connectivity index (χ4v) is 25.5. The zero-order valence-electron chi connectivity index (χ0n) is 19.5. The summed E-state index contributed by atoms with van der Waals surface area (Å²) in [5.41, 5.74) is 0. The molecule has 2 fully saturated rings. The summed E-state index contributed by atoms with van der Waals surface area (Å²) in [6.07, 6.45) is 11.6. The van der Waals surface area contributed by atoms with Crippen molar-refractivity contribution in [2.75, 3.05) is 5.33 Å². The van der Waals surface area contributed by atoms with Crippen LogP contribution in [-0.2, 0) is 0 Å². The van der Waals surface area contributed by atoms with Gasteiger partial charge in [-0.05, 0) is 11.1 Å². The summed E-state index contributed by atoms with van der Waals surface area (Å²) >= 11 is 3.83. The first-order chi connectivity index (χ1) is 15.2. The number of benzene rings is 2. The Hall–Kier alpha value is -0.646. The molecule has 2 aromatic rings. The lowest BCUT2D eigenvalue weighted by molar-refractivity contribution is 0.517. The van der Waals surface area contributed by atoms with E-state index in [1.807, 2.05) is 0 Å². The van der Waals surface area contributed by atoms with Gasteiger partial charge in [0.15, 0.2) is 0 Å². The largest absolute Gasteiger partial charge is 0.0925 e. The molecular weight excluding hydrogens is 472 g/mol. The average molecular weight is 514 g/mol. The summed E-state index contributed by atoms with van der Waals surface area (Å²) in [6, 6.07) is 30.2. The van der Waals surface area contributed by atoms with Crippen LogP contribution in [-0.4, -0.2) is 21.5 Å². The Morgan fingerprint density at radius 3 is 2.03 bits per heavy atom. The van der Waals surface area contributed by atoms with Crippen LogP contribution in [0.4, 0.5) is 0 Å². The quantitative estimate of drug-likeness (QED) is 0.192. The number of unbranched alkanes of at least 4 members (excludes halogenated alkanes) is 2. The summed E-state index contributed by atoms with van der Waals surface area (Å²) in [6.45, 7) is 2.37. The first kappa shape index (κ1) is 23.5. The van der Waals surface area contributed by atoms with E-state index in [0.29, 0.717) is 0 Å². The molecule has 2 aliphatic heterocycles. The van der Waals surface area contributed by atoms with Gasteiger partial charge in [0.05, 0.1) is 16.1 Å². The van der Waals surface area contributed by atoms with Crippen molar-refractivity contribution < 1.29 is 0 Å². The van der Waals surface area contributed by atoms with E-state index < -0.39 is 16.1 Å².